The van der Waals surface area contributed by atoms with Gasteiger partial charge in [-0.15, -0.1) is 11.8 Å². The number of rotatable bonds is 8. The third-order valence-electron chi connectivity index (χ3n) is 3.63. The quantitative estimate of drug-likeness (QED) is 0.681. The summed E-state index contributed by atoms with van der Waals surface area (Å²) in [5.74, 6) is 0.989. The van der Waals surface area contributed by atoms with Crippen LogP contribution in [0.1, 0.15) is 5.56 Å². The maximum Gasteiger partial charge on any atom is 0.244 e. The second-order valence-electron chi connectivity index (χ2n) is 5.77. The molecule has 0 aromatic heterocycles. The predicted octanol–water partition coefficient (Wildman–Crippen LogP) is 4.33. The average molecular weight is 427 g/mol. The van der Waals surface area contributed by atoms with Crippen molar-refractivity contribution in [3.63, 3.8) is 0 Å². The molecule has 144 valence electrons. The van der Waals surface area contributed by atoms with Crippen LogP contribution in [0.25, 0.3) is 0 Å². The zero-order chi connectivity index (χ0) is 19.8. The molecule has 2 rings (SSSR count). The van der Waals surface area contributed by atoms with Gasteiger partial charge in [0.2, 0.25) is 11.8 Å². The van der Waals surface area contributed by atoms with Gasteiger partial charge in [-0.05, 0) is 35.9 Å². The predicted molar refractivity (Wildman–Crippen MR) is 112 cm³/mol. The van der Waals surface area contributed by atoms with Gasteiger partial charge in [-0.2, -0.15) is 0 Å². The van der Waals surface area contributed by atoms with Crippen molar-refractivity contribution in [1.29, 1.82) is 0 Å². The van der Waals surface area contributed by atoms with Gasteiger partial charge in [0.25, 0.3) is 0 Å². The Balaban J connectivity index is 1.81. The maximum absolute atomic E-state index is 12.2. The van der Waals surface area contributed by atoms with Crippen LogP contribution in [0.2, 0.25) is 10.0 Å². The van der Waals surface area contributed by atoms with Gasteiger partial charge in [-0.3, -0.25) is 9.59 Å². The number of amides is 2. The van der Waals surface area contributed by atoms with E-state index in [-0.39, 0.29) is 24.1 Å². The first-order chi connectivity index (χ1) is 12.9. The maximum atomic E-state index is 12.2. The Labute approximate surface area is 173 Å². The summed E-state index contributed by atoms with van der Waals surface area (Å²) in [7, 11) is 3.10. The molecule has 8 heteroatoms. The van der Waals surface area contributed by atoms with Gasteiger partial charge in [0.1, 0.15) is 5.75 Å². The van der Waals surface area contributed by atoms with E-state index >= 15 is 0 Å². The molecule has 0 saturated heterocycles. The Kier molecular flexibility index (Phi) is 8.28. The number of thioether (sulfide) groups is 1. The molecule has 0 bridgehead atoms. The summed E-state index contributed by atoms with van der Waals surface area (Å²) < 4.78 is 5.19. The second-order valence-corrected chi connectivity index (χ2v) is 7.62. The van der Waals surface area contributed by atoms with E-state index in [2.05, 4.69) is 5.32 Å². The van der Waals surface area contributed by atoms with Crippen LogP contribution in [-0.2, 0) is 15.3 Å². The molecular weight excluding hydrogens is 407 g/mol. The van der Waals surface area contributed by atoms with Crippen molar-refractivity contribution in [2.45, 2.75) is 5.75 Å². The lowest BCUT2D eigenvalue weighted by Crippen LogP contribution is -2.36. The molecule has 0 aliphatic rings. The van der Waals surface area contributed by atoms with Gasteiger partial charge >= 0.3 is 0 Å². The van der Waals surface area contributed by atoms with E-state index in [0.717, 1.165) is 5.56 Å². The van der Waals surface area contributed by atoms with Gasteiger partial charge in [0.15, 0.2) is 0 Å². The first-order valence-corrected chi connectivity index (χ1v) is 9.99. The molecule has 0 heterocycles. The van der Waals surface area contributed by atoms with E-state index in [4.69, 9.17) is 27.9 Å². The van der Waals surface area contributed by atoms with E-state index in [1.54, 1.807) is 25.2 Å². The summed E-state index contributed by atoms with van der Waals surface area (Å²) >= 11 is 13.4. The zero-order valence-corrected chi connectivity index (χ0v) is 17.3. The van der Waals surface area contributed by atoms with E-state index in [1.807, 2.05) is 24.3 Å². The second kappa shape index (κ2) is 10.4. The van der Waals surface area contributed by atoms with Crippen LogP contribution in [-0.4, -0.2) is 43.2 Å². The largest absolute Gasteiger partial charge is 0.495 e. The fraction of sp³-hybridized carbons (Fsp3) is 0.263. The molecule has 0 spiro atoms. The Bertz CT molecular complexity index is 817. The number of nitrogens with zero attached hydrogens (tertiary/aromatic N) is 1. The molecule has 5 nitrogen and oxygen atoms in total. The Morgan fingerprint density at radius 3 is 2.59 bits per heavy atom. The third kappa shape index (κ3) is 6.97. The number of anilines is 1. The van der Waals surface area contributed by atoms with Crippen LogP contribution in [0, 0.1) is 0 Å². The van der Waals surface area contributed by atoms with Gasteiger partial charge in [0.05, 0.1) is 25.1 Å². The number of methoxy groups -OCH3 is 1. The summed E-state index contributed by atoms with van der Waals surface area (Å²) in [5, 5.41) is 3.86. The monoisotopic (exact) mass is 426 g/mol. The number of hydrogen-bond donors (Lipinski definition) is 1. The van der Waals surface area contributed by atoms with Crippen LogP contribution in [0.15, 0.2) is 42.5 Å². The molecule has 0 aliphatic heterocycles. The highest BCUT2D eigenvalue weighted by Crippen LogP contribution is 2.27. The summed E-state index contributed by atoms with van der Waals surface area (Å²) in [6.07, 6.45) is 0. The fourth-order valence-corrected chi connectivity index (χ4v) is 3.56. The molecule has 0 unspecified atom stereocenters. The summed E-state index contributed by atoms with van der Waals surface area (Å²) in [6, 6.07) is 12.4. The molecule has 2 aromatic rings. The molecule has 0 saturated carbocycles. The molecule has 27 heavy (non-hydrogen) atoms. The van der Waals surface area contributed by atoms with Crippen molar-refractivity contribution in [1.82, 2.24) is 4.90 Å². The minimum absolute atomic E-state index is 0.0633. The molecular formula is C19H20Cl2N2O3S. The van der Waals surface area contributed by atoms with Crippen LogP contribution >= 0.6 is 35.0 Å². The smallest absolute Gasteiger partial charge is 0.244 e. The minimum Gasteiger partial charge on any atom is -0.495 e. The molecule has 0 atom stereocenters. The van der Waals surface area contributed by atoms with E-state index < -0.39 is 0 Å². The van der Waals surface area contributed by atoms with Crippen LogP contribution in [0.5, 0.6) is 5.75 Å². The van der Waals surface area contributed by atoms with Gasteiger partial charge in [-0.1, -0.05) is 35.3 Å². The number of ether oxygens (including phenoxy) is 1. The number of hydrogen-bond acceptors (Lipinski definition) is 4. The van der Waals surface area contributed by atoms with E-state index in [9.17, 15) is 9.59 Å². The summed E-state index contributed by atoms with van der Waals surface area (Å²) in [6.45, 7) is -0.0633. The molecule has 2 aromatic carbocycles. The standard InChI is InChI=1S/C19H20Cl2N2O3S/c1-23(19(25)12-27-11-13-4-3-5-14(20)8-13)10-18(24)22-16-9-15(21)6-7-17(16)26-2/h3-9H,10-12H2,1-2H3,(H,22,24). The van der Waals surface area contributed by atoms with Crippen molar-refractivity contribution in [2.24, 2.45) is 0 Å². The molecule has 1 N–H and O–H groups in total. The Morgan fingerprint density at radius 2 is 1.89 bits per heavy atom. The van der Waals surface area contributed by atoms with Crippen molar-refractivity contribution in [3.8, 4) is 5.75 Å². The SMILES string of the molecule is COc1ccc(Cl)cc1NC(=O)CN(C)C(=O)CSCc1cccc(Cl)c1. The third-order valence-corrected chi connectivity index (χ3v) is 5.08. The zero-order valence-electron chi connectivity index (χ0n) is 15.0. The van der Waals surface area contributed by atoms with Crippen LogP contribution in [0.3, 0.4) is 0 Å². The fourth-order valence-electron chi connectivity index (χ4n) is 2.26. The van der Waals surface area contributed by atoms with Crippen molar-refractivity contribution >= 4 is 52.5 Å². The van der Waals surface area contributed by atoms with Crippen molar-refractivity contribution in [2.75, 3.05) is 31.8 Å². The lowest BCUT2D eigenvalue weighted by atomic mass is 10.2. The number of carbonyl (C=O) groups excluding carboxylic acids is 2. The number of benzene rings is 2. The highest BCUT2D eigenvalue weighted by Gasteiger charge is 2.15. The molecule has 0 aliphatic carbocycles. The lowest BCUT2D eigenvalue weighted by Gasteiger charge is -2.17. The van der Waals surface area contributed by atoms with Crippen LogP contribution < -0.4 is 10.1 Å². The number of nitrogens with one attached hydrogen (secondary N) is 1. The first kappa shape index (κ1) is 21.4. The van der Waals surface area contributed by atoms with Gasteiger partial charge in [0, 0.05) is 22.8 Å². The van der Waals surface area contributed by atoms with Crippen LogP contribution in [0.4, 0.5) is 5.69 Å². The van der Waals surface area contributed by atoms with Crippen molar-refractivity contribution in [3.05, 3.63) is 58.1 Å². The lowest BCUT2D eigenvalue weighted by molar-refractivity contribution is -0.131. The number of halogens is 2. The number of likely N-dealkylation sites (N-methyl/N-ethyl adjacent to an activating group) is 1. The first-order valence-electron chi connectivity index (χ1n) is 8.08. The Hall–Kier alpha value is -1.89. The van der Waals surface area contributed by atoms with Gasteiger partial charge < -0.3 is 15.0 Å². The molecule has 0 fully saturated rings. The minimum atomic E-state index is -0.328. The Morgan fingerprint density at radius 1 is 1.15 bits per heavy atom. The molecule has 0 radical (unpaired) electrons. The number of carbonyl (C=O) groups is 2. The van der Waals surface area contributed by atoms with E-state index in [0.29, 0.717) is 27.2 Å². The highest BCUT2D eigenvalue weighted by atomic mass is 35.5. The summed E-state index contributed by atoms with van der Waals surface area (Å²) in [5.41, 5.74) is 1.51. The highest BCUT2D eigenvalue weighted by molar-refractivity contribution is 7.99. The summed E-state index contributed by atoms with van der Waals surface area (Å²) in [4.78, 5) is 25.8. The van der Waals surface area contributed by atoms with Gasteiger partial charge in [-0.25, -0.2) is 0 Å². The average Bonchev–Trinajstić information content (AvgIpc) is 2.61. The topological polar surface area (TPSA) is 58.6 Å². The molecule has 2 amide bonds. The normalized spacial score (nSPS) is 10.4. The van der Waals surface area contributed by atoms with E-state index in [1.165, 1.54) is 23.8 Å². The van der Waals surface area contributed by atoms with Crippen molar-refractivity contribution < 1.29 is 14.3 Å².